The molecular formula is C20H23ClN2O4S. The fourth-order valence-corrected chi connectivity index (χ4v) is 4.09. The Balaban J connectivity index is 1.48. The monoisotopic (exact) mass is 422 g/mol. The Hall–Kier alpha value is -2.12. The van der Waals surface area contributed by atoms with E-state index in [9.17, 15) is 9.59 Å². The molecule has 3 rings (SSSR count). The number of nitrogens with one attached hydrogen (secondary N) is 1. The fourth-order valence-electron chi connectivity index (χ4n) is 3.09. The van der Waals surface area contributed by atoms with E-state index in [0.29, 0.717) is 26.4 Å². The predicted octanol–water partition coefficient (Wildman–Crippen LogP) is 4.29. The van der Waals surface area contributed by atoms with Gasteiger partial charge in [0.15, 0.2) is 6.61 Å². The van der Waals surface area contributed by atoms with Crippen molar-refractivity contribution in [1.29, 1.82) is 0 Å². The number of rotatable bonds is 7. The van der Waals surface area contributed by atoms with Crippen LogP contribution < -0.4 is 10.1 Å². The number of carbonyl (C=O) groups excluding carboxylic acids is 2. The van der Waals surface area contributed by atoms with Crippen molar-refractivity contribution in [2.24, 2.45) is 0 Å². The molecule has 0 atom stereocenters. The molecule has 1 aliphatic carbocycles. The summed E-state index contributed by atoms with van der Waals surface area (Å²) in [6, 6.07) is 7.21. The Labute approximate surface area is 173 Å². The number of thiazole rings is 1. The summed E-state index contributed by atoms with van der Waals surface area (Å²) >= 11 is 7.06. The van der Waals surface area contributed by atoms with Crippen molar-refractivity contribution >= 4 is 34.8 Å². The van der Waals surface area contributed by atoms with Crippen molar-refractivity contribution in [3.8, 4) is 5.75 Å². The molecule has 6 nitrogen and oxygen atoms in total. The largest absolute Gasteiger partial charge is 0.486 e. The van der Waals surface area contributed by atoms with E-state index < -0.39 is 5.97 Å². The first-order valence-corrected chi connectivity index (χ1v) is 10.5. The average molecular weight is 423 g/mol. The van der Waals surface area contributed by atoms with Crippen LogP contribution in [0.5, 0.6) is 5.75 Å². The van der Waals surface area contributed by atoms with Gasteiger partial charge < -0.3 is 14.8 Å². The number of nitrogens with zero attached hydrogens (tertiary/aromatic N) is 1. The van der Waals surface area contributed by atoms with Crippen LogP contribution in [0.15, 0.2) is 24.3 Å². The highest BCUT2D eigenvalue weighted by Crippen LogP contribution is 2.22. The molecule has 1 aliphatic rings. The van der Waals surface area contributed by atoms with Crippen LogP contribution in [0, 0.1) is 6.92 Å². The Morgan fingerprint density at radius 3 is 2.64 bits per heavy atom. The zero-order valence-electron chi connectivity index (χ0n) is 15.7. The summed E-state index contributed by atoms with van der Waals surface area (Å²) < 4.78 is 10.8. The number of halogens is 1. The fraction of sp³-hybridized carbons (Fsp3) is 0.450. The standard InChI is InChI=1S/C20H23ClN2O4S/c1-13-19(20(25)27-11-17(24)23-15-5-3-2-4-6-15)28-18(22-13)12-26-16-9-7-14(21)8-10-16/h7-10,15H,2-6,11-12H2,1H3,(H,23,24). The third-order valence-corrected chi connectivity index (χ3v) is 5.87. The second-order valence-electron chi connectivity index (χ2n) is 6.74. The predicted molar refractivity (Wildman–Crippen MR) is 108 cm³/mol. The maximum absolute atomic E-state index is 12.3. The number of hydrogen-bond donors (Lipinski definition) is 1. The minimum absolute atomic E-state index is 0.196. The van der Waals surface area contributed by atoms with Crippen LogP contribution in [0.3, 0.4) is 0 Å². The van der Waals surface area contributed by atoms with E-state index in [4.69, 9.17) is 21.1 Å². The van der Waals surface area contributed by atoms with E-state index in [-0.39, 0.29) is 25.2 Å². The van der Waals surface area contributed by atoms with Crippen molar-refractivity contribution in [2.75, 3.05) is 6.61 Å². The van der Waals surface area contributed by atoms with Gasteiger partial charge in [-0.25, -0.2) is 9.78 Å². The summed E-state index contributed by atoms with van der Waals surface area (Å²) in [4.78, 5) is 29.0. The molecule has 0 unspecified atom stereocenters. The molecule has 0 saturated heterocycles. The SMILES string of the molecule is Cc1nc(COc2ccc(Cl)cc2)sc1C(=O)OCC(=O)NC1CCCCC1. The zero-order chi connectivity index (χ0) is 19.9. The van der Waals surface area contributed by atoms with E-state index in [1.54, 1.807) is 31.2 Å². The number of ether oxygens (including phenoxy) is 2. The lowest BCUT2D eigenvalue weighted by atomic mass is 9.95. The van der Waals surface area contributed by atoms with Gasteiger partial charge in [-0.3, -0.25) is 4.79 Å². The minimum atomic E-state index is -0.536. The molecule has 1 amide bonds. The number of aromatic nitrogens is 1. The van der Waals surface area contributed by atoms with Crippen LogP contribution in [0.25, 0.3) is 0 Å². The molecule has 1 N–H and O–H groups in total. The summed E-state index contributed by atoms with van der Waals surface area (Å²) in [5.74, 6) is -0.124. The van der Waals surface area contributed by atoms with Crippen LogP contribution in [0.1, 0.15) is 52.5 Å². The second-order valence-corrected chi connectivity index (χ2v) is 8.26. The Kier molecular flexibility index (Phi) is 7.28. The molecule has 2 aromatic rings. The van der Waals surface area contributed by atoms with Gasteiger partial charge in [0.05, 0.1) is 5.69 Å². The van der Waals surface area contributed by atoms with Crippen LogP contribution in [-0.2, 0) is 16.1 Å². The zero-order valence-corrected chi connectivity index (χ0v) is 17.3. The van der Waals surface area contributed by atoms with E-state index in [2.05, 4.69) is 10.3 Å². The van der Waals surface area contributed by atoms with Crippen molar-refractivity contribution in [2.45, 2.75) is 51.7 Å². The minimum Gasteiger partial charge on any atom is -0.486 e. The molecule has 8 heteroatoms. The topological polar surface area (TPSA) is 77.5 Å². The molecule has 0 radical (unpaired) electrons. The molecule has 1 heterocycles. The van der Waals surface area contributed by atoms with Gasteiger partial charge in [-0.1, -0.05) is 30.9 Å². The number of esters is 1. The first-order chi connectivity index (χ1) is 13.5. The van der Waals surface area contributed by atoms with Crippen LogP contribution in [0.2, 0.25) is 5.02 Å². The van der Waals surface area contributed by atoms with E-state index >= 15 is 0 Å². The van der Waals surface area contributed by atoms with Gasteiger partial charge in [0.2, 0.25) is 0 Å². The van der Waals surface area contributed by atoms with E-state index in [0.717, 1.165) is 25.7 Å². The highest BCUT2D eigenvalue weighted by molar-refractivity contribution is 7.13. The van der Waals surface area contributed by atoms with Gasteiger partial charge in [0.1, 0.15) is 22.2 Å². The van der Waals surface area contributed by atoms with Crippen molar-refractivity contribution in [3.63, 3.8) is 0 Å². The molecule has 28 heavy (non-hydrogen) atoms. The summed E-state index contributed by atoms with van der Waals surface area (Å²) in [7, 11) is 0. The summed E-state index contributed by atoms with van der Waals surface area (Å²) in [6.07, 6.45) is 5.46. The number of amides is 1. The highest BCUT2D eigenvalue weighted by Gasteiger charge is 2.20. The lowest BCUT2D eigenvalue weighted by Gasteiger charge is -2.22. The molecule has 1 aromatic carbocycles. The highest BCUT2D eigenvalue weighted by atomic mass is 35.5. The first-order valence-electron chi connectivity index (χ1n) is 9.32. The molecule has 0 aliphatic heterocycles. The number of hydrogen-bond acceptors (Lipinski definition) is 6. The summed E-state index contributed by atoms with van der Waals surface area (Å²) in [5, 5.41) is 4.22. The molecular weight excluding hydrogens is 400 g/mol. The van der Waals surface area contributed by atoms with Crippen LogP contribution in [0.4, 0.5) is 0 Å². The quantitative estimate of drug-likeness (QED) is 0.673. The third kappa shape index (κ3) is 5.94. The molecule has 1 fully saturated rings. The van der Waals surface area contributed by atoms with Gasteiger partial charge in [0.25, 0.3) is 5.91 Å². The van der Waals surface area contributed by atoms with E-state index in [1.807, 2.05) is 0 Å². The average Bonchev–Trinajstić information content (AvgIpc) is 3.07. The van der Waals surface area contributed by atoms with Gasteiger partial charge in [-0.2, -0.15) is 0 Å². The summed E-state index contributed by atoms with van der Waals surface area (Å²) in [6.45, 7) is 1.70. The van der Waals surface area contributed by atoms with Crippen LogP contribution in [-0.4, -0.2) is 29.5 Å². The lowest BCUT2D eigenvalue weighted by molar-refractivity contribution is -0.125. The summed E-state index contributed by atoms with van der Waals surface area (Å²) in [5.41, 5.74) is 0.567. The number of carbonyl (C=O) groups is 2. The maximum atomic E-state index is 12.3. The third-order valence-electron chi connectivity index (χ3n) is 4.51. The van der Waals surface area contributed by atoms with Crippen molar-refractivity contribution in [1.82, 2.24) is 10.3 Å². The van der Waals surface area contributed by atoms with Crippen molar-refractivity contribution in [3.05, 3.63) is 44.9 Å². The molecule has 1 aromatic heterocycles. The maximum Gasteiger partial charge on any atom is 0.350 e. The molecule has 0 bridgehead atoms. The van der Waals surface area contributed by atoms with Gasteiger partial charge in [0, 0.05) is 11.1 Å². The van der Waals surface area contributed by atoms with Crippen molar-refractivity contribution < 1.29 is 19.1 Å². The Morgan fingerprint density at radius 2 is 1.93 bits per heavy atom. The number of aryl methyl sites for hydroxylation is 1. The van der Waals surface area contributed by atoms with Gasteiger partial charge in [-0.05, 0) is 44.0 Å². The van der Waals surface area contributed by atoms with Gasteiger partial charge in [-0.15, -0.1) is 11.3 Å². The normalized spacial score (nSPS) is 14.5. The molecule has 150 valence electrons. The molecule has 1 saturated carbocycles. The first kappa shape index (κ1) is 20.6. The van der Waals surface area contributed by atoms with E-state index in [1.165, 1.54) is 17.8 Å². The van der Waals surface area contributed by atoms with Crippen LogP contribution >= 0.6 is 22.9 Å². The molecule has 0 spiro atoms. The second kappa shape index (κ2) is 9.89. The smallest absolute Gasteiger partial charge is 0.350 e. The van der Waals surface area contributed by atoms with Gasteiger partial charge >= 0.3 is 5.97 Å². The lowest BCUT2D eigenvalue weighted by Crippen LogP contribution is -2.38. The Morgan fingerprint density at radius 1 is 1.21 bits per heavy atom. The number of benzene rings is 1. The Bertz CT molecular complexity index is 816.